The molecule has 1 saturated heterocycles. The lowest BCUT2D eigenvalue weighted by Gasteiger charge is -2.25. The number of rotatable bonds is 5. The van der Waals surface area contributed by atoms with E-state index in [-0.39, 0.29) is 17.3 Å². The Morgan fingerprint density at radius 2 is 1.67 bits per heavy atom. The molecule has 0 aromatic heterocycles. The van der Waals surface area contributed by atoms with Gasteiger partial charge in [0, 0.05) is 24.7 Å². The van der Waals surface area contributed by atoms with Crippen molar-refractivity contribution in [3.8, 4) is 0 Å². The summed E-state index contributed by atoms with van der Waals surface area (Å²) in [6.45, 7) is 1.40. The molecule has 1 aliphatic rings. The molecule has 27 heavy (non-hydrogen) atoms. The van der Waals surface area contributed by atoms with Crippen LogP contribution in [0, 0.1) is 0 Å². The number of nitrogens with one attached hydrogen (secondary N) is 1. The summed E-state index contributed by atoms with van der Waals surface area (Å²) in [5.74, 6) is -0.340. The standard InChI is InChI=1S/C19H20Cl2N2O3S/c20-15-6-9-18(21)17(12-15)19(24)22-13-14-4-7-16(8-5-14)27(25,26)23-10-2-1-3-11-23/h4-9,12H,1-3,10-11,13H2,(H,22,24). The first-order valence-electron chi connectivity index (χ1n) is 8.70. The molecule has 2 aromatic rings. The Morgan fingerprint density at radius 1 is 1.00 bits per heavy atom. The first-order chi connectivity index (χ1) is 12.9. The van der Waals surface area contributed by atoms with Crippen LogP contribution in [0.2, 0.25) is 10.0 Å². The van der Waals surface area contributed by atoms with E-state index < -0.39 is 10.0 Å². The summed E-state index contributed by atoms with van der Waals surface area (Å²) in [6, 6.07) is 11.3. The Balaban J connectivity index is 1.65. The highest BCUT2D eigenvalue weighted by molar-refractivity contribution is 7.89. The van der Waals surface area contributed by atoms with E-state index in [0.29, 0.717) is 28.7 Å². The number of nitrogens with zero attached hydrogens (tertiary/aromatic N) is 1. The molecule has 3 rings (SSSR count). The Hall–Kier alpha value is -1.60. The maximum Gasteiger partial charge on any atom is 0.253 e. The third-order valence-electron chi connectivity index (χ3n) is 4.50. The molecule has 1 N–H and O–H groups in total. The molecule has 1 aliphatic heterocycles. The molecule has 1 fully saturated rings. The van der Waals surface area contributed by atoms with E-state index in [4.69, 9.17) is 23.2 Å². The Morgan fingerprint density at radius 3 is 2.33 bits per heavy atom. The molecule has 0 atom stereocenters. The Bertz CT molecular complexity index is 924. The molecule has 0 radical (unpaired) electrons. The van der Waals surface area contributed by atoms with Gasteiger partial charge in [-0.1, -0.05) is 41.8 Å². The molecule has 5 nitrogen and oxygen atoms in total. The molecule has 1 amide bonds. The van der Waals surface area contributed by atoms with Gasteiger partial charge in [0.25, 0.3) is 5.91 Å². The van der Waals surface area contributed by atoms with Crippen LogP contribution in [-0.4, -0.2) is 31.7 Å². The van der Waals surface area contributed by atoms with Gasteiger partial charge in [-0.15, -0.1) is 0 Å². The number of piperidine rings is 1. The van der Waals surface area contributed by atoms with E-state index >= 15 is 0 Å². The Labute approximate surface area is 169 Å². The monoisotopic (exact) mass is 426 g/mol. The van der Waals surface area contributed by atoms with Gasteiger partial charge in [-0.05, 0) is 48.7 Å². The number of carbonyl (C=O) groups is 1. The molecule has 0 saturated carbocycles. The number of halogens is 2. The smallest absolute Gasteiger partial charge is 0.253 e. The lowest BCUT2D eigenvalue weighted by atomic mass is 10.2. The van der Waals surface area contributed by atoms with Gasteiger partial charge in [0.05, 0.1) is 15.5 Å². The minimum Gasteiger partial charge on any atom is -0.348 e. The Kier molecular flexibility index (Phi) is 6.42. The summed E-state index contributed by atoms with van der Waals surface area (Å²) < 4.78 is 26.8. The SMILES string of the molecule is O=C(NCc1ccc(S(=O)(=O)N2CCCCC2)cc1)c1cc(Cl)ccc1Cl. The van der Waals surface area contributed by atoms with Crippen LogP contribution < -0.4 is 5.32 Å². The van der Waals surface area contributed by atoms with Crippen molar-refractivity contribution in [2.75, 3.05) is 13.1 Å². The topological polar surface area (TPSA) is 66.5 Å². The predicted octanol–water partition coefficient (Wildman–Crippen LogP) is 4.10. The molecule has 0 aliphatic carbocycles. The van der Waals surface area contributed by atoms with Crippen molar-refractivity contribution in [3.63, 3.8) is 0 Å². The van der Waals surface area contributed by atoms with Crippen molar-refractivity contribution in [1.82, 2.24) is 9.62 Å². The molecule has 8 heteroatoms. The average Bonchev–Trinajstić information content (AvgIpc) is 2.69. The molecule has 0 spiro atoms. The maximum absolute atomic E-state index is 12.6. The second kappa shape index (κ2) is 8.61. The van der Waals surface area contributed by atoms with Crippen LogP contribution in [-0.2, 0) is 16.6 Å². The van der Waals surface area contributed by atoms with Crippen LogP contribution in [0.5, 0.6) is 0 Å². The largest absolute Gasteiger partial charge is 0.348 e. The van der Waals surface area contributed by atoms with Crippen LogP contribution in [0.3, 0.4) is 0 Å². The van der Waals surface area contributed by atoms with E-state index in [2.05, 4.69) is 5.32 Å². The lowest BCUT2D eigenvalue weighted by molar-refractivity contribution is 0.0951. The highest BCUT2D eigenvalue weighted by atomic mass is 35.5. The fraction of sp³-hybridized carbons (Fsp3) is 0.316. The summed E-state index contributed by atoms with van der Waals surface area (Å²) in [4.78, 5) is 12.5. The molecular formula is C19H20Cl2N2O3S. The van der Waals surface area contributed by atoms with Crippen molar-refractivity contribution in [1.29, 1.82) is 0 Å². The number of sulfonamides is 1. The minimum absolute atomic E-state index is 0.256. The second-order valence-electron chi connectivity index (χ2n) is 6.42. The zero-order valence-corrected chi connectivity index (χ0v) is 16.9. The maximum atomic E-state index is 12.6. The van der Waals surface area contributed by atoms with Gasteiger partial charge in [-0.2, -0.15) is 4.31 Å². The van der Waals surface area contributed by atoms with Crippen LogP contribution in [0.4, 0.5) is 0 Å². The van der Waals surface area contributed by atoms with Crippen molar-refractivity contribution in [3.05, 3.63) is 63.6 Å². The van der Waals surface area contributed by atoms with Crippen molar-refractivity contribution in [2.24, 2.45) is 0 Å². The summed E-state index contributed by atoms with van der Waals surface area (Å²) in [5, 5.41) is 3.51. The van der Waals surface area contributed by atoms with Crippen LogP contribution in [0.1, 0.15) is 35.2 Å². The molecule has 0 unspecified atom stereocenters. The minimum atomic E-state index is -3.45. The molecular weight excluding hydrogens is 407 g/mol. The van der Waals surface area contributed by atoms with E-state index in [1.54, 1.807) is 36.4 Å². The van der Waals surface area contributed by atoms with Crippen molar-refractivity contribution >= 4 is 39.1 Å². The summed E-state index contributed by atoms with van der Waals surface area (Å²) >= 11 is 11.9. The fourth-order valence-electron chi connectivity index (χ4n) is 2.98. The number of amides is 1. The first-order valence-corrected chi connectivity index (χ1v) is 10.9. The van der Waals surface area contributed by atoms with Crippen LogP contribution in [0.15, 0.2) is 47.4 Å². The molecule has 1 heterocycles. The molecule has 144 valence electrons. The number of hydrogen-bond acceptors (Lipinski definition) is 3. The third-order valence-corrected chi connectivity index (χ3v) is 6.98. The average molecular weight is 427 g/mol. The lowest BCUT2D eigenvalue weighted by Crippen LogP contribution is -2.35. The third kappa shape index (κ3) is 4.82. The van der Waals surface area contributed by atoms with E-state index in [1.807, 2.05) is 0 Å². The summed E-state index contributed by atoms with van der Waals surface area (Å²) in [5.41, 5.74) is 1.09. The van der Waals surface area contributed by atoms with Gasteiger partial charge in [0.1, 0.15) is 0 Å². The zero-order valence-electron chi connectivity index (χ0n) is 14.6. The number of carbonyl (C=O) groups excluding carboxylic acids is 1. The van der Waals surface area contributed by atoms with Gasteiger partial charge in [0.2, 0.25) is 10.0 Å². The van der Waals surface area contributed by atoms with Crippen LogP contribution >= 0.6 is 23.2 Å². The summed E-state index contributed by atoms with van der Waals surface area (Å²) in [6.07, 6.45) is 2.87. The predicted molar refractivity (Wildman–Crippen MR) is 107 cm³/mol. The van der Waals surface area contributed by atoms with Crippen LogP contribution in [0.25, 0.3) is 0 Å². The van der Waals surface area contributed by atoms with Crippen molar-refractivity contribution in [2.45, 2.75) is 30.7 Å². The molecule has 2 aromatic carbocycles. The van der Waals surface area contributed by atoms with Crippen molar-refractivity contribution < 1.29 is 13.2 Å². The highest BCUT2D eigenvalue weighted by Gasteiger charge is 2.25. The second-order valence-corrected chi connectivity index (χ2v) is 9.20. The summed E-state index contributed by atoms with van der Waals surface area (Å²) in [7, 11) is -3.45. The van der Waals surface area contributed by atoms with E-state index in [1.165, 1.54) is 10.4 Å². The molecule has 0 bridgehead atoms. The number of hydrogen-bond donors (Lipinski definition) is 1. The highest BCUT2D eigenvalue weighted by Crippen LogP contribution is 2.22. The van der Waals surface area contributed by atoms with Gasteiger partial charge in [-0.3, -0.25) is 4.79 Å². The van der Waals surface area contributed by atoms with Gasteiger partial charge < -0.3 is 5.32 Å². The number of benzene rings is 2. The normalized spacial score (nSPS) is 15.5. The van der Waals surface area contributed by atoms with Gasteiger partial charge >= 0.3 is 0 Å². The fourth-order valence-corrected chi connectivity index (χ4v) is 4.88. The van der Waals surface area contributed by atoms with Gasteiger partial charge in [0.15, 0.2) is 0 Å². The quantitative estimate of drug-likeness (QED) is 0.782. The first kappa shape index (κ1) is 20.1. The van der Waals surface area contributed by atoms with Gasteiger partial charge in [-0.25, -0.2) is 8.42 Å². The zero-order chi connectivity index (χ0) is 19.4. The van der Waals surface area contributed by atoms with E-state index in [0.717, 1.165) is 24.8 Å². The van der Waals surface area contributed by atoms with E-state index in [9.17, 15) is 13.2 Å².